The Bertz CT molecular complexity index is 2130. The normalized spacial score (nSPS) is 20.6. The topological polar surface area (TPSA) is 141 Å². The molecule has 4 aliphatic rings. The number of alkyl halides is 3. The lowest BCUT2D eigenvalue weighted by Crippen LogP contribution is -2.55. The van der Waals surface area contributed by atoms with Gasteiger partial charge in [-0.25, -0.2) is 19.6 Å². The number of ether oxygens (including phenoxy) is 3. The third-order valence-electron chi connectivity index (χ3n) is 11.8. The molecule has 7 rings (SSSR count). The number of esters is 2. The largest absolute Gasteiger partial charge is 0.490 e. The standard InChI is InChI=1S/C41H44F3N7O6S/c1-24(2)49(27-16-30(17-27)57-29-7-8-31(36(52)55-3)32(19-29)37(53)56-4)23-25-10-14-48(15-11-25)35-9-6-26(21-47-35)51-39(58)50(38(54)40(51)12-5-13-40)28-18-33(41(42,43)44)34(20-45)46-22-28/h6-9,18-19,21-22,24-25,27,30H,5,10-17,23H2,1-4H3/t27-,30-. The van der Waals surface area contributed by atoms with Crippen LogP contribution >= 0.6 is 12.2 Å². The van der Waals surface area contributed by atoms with Crippen molar-refractivity contribution in [2.45, 2.75) is 88.7 Å². The molecule has 2 saturated heterocycles. The van der Waals surface area contributed by atoms with Gasteiger partial charge in [-0.05, 0) is 100 Å². The number of thiocarbonyl (C=S) groups is 1. The first kappa shape index (κ1) is 40.8. The Morgan fingerprint density at radius 3 is 2.24 bits per heavy atom. The summed E-state index contributed by atoms with van der Waals surface area (Å²) in [6, 6.07) is 11.4. The second kappa shape index (κ2) is 16.1. The number of methoxy groups -OCH3 is 2. The number of piperidine rings is 1. The number of aromatic nitrogens is 2. The van der Waals surface area contributed by atoms with Crippen molar-refractivity contribution in [2.24, 2.45) is 5.92 Å². The van der Waals surface area contributed by atoms with Crippen LogP contribution in [0.2, 0.25) is 0 Å². The Hall–Kier alpha value is -5.34. The molecule has 2 aromatic heterocycles. The van der Waals surface area contributed by atoms with Crippen LogP contribution in [0.25, 0.3) is 0 Å². The lowest BCUT2D eigenvalue weighted by molar-refractivity contribution is -0.138. The van der Waals surface area contributed by atoms with Crippen LogP contribution in [0.3, 0.4) is 0 Å². The highest BCUT2D eigenvalue weighted by Crippen LogP contribution is 2.48. The summed E-state index contributed by atoms with van der Waals surface area (Å²) in [5, 5.41) is 9.25. The van der Waals surface area contributed by atoms with Crippen LogP contribution in [-0.2, 0) is 20.4 Å². The predicted molar refractivity (Wildman–Crippen MR) is 211 cm³/mol. The van der Waals surface area contributed by atoms with Crippen molar-refractivity contribution in [3.8, 4) is 11.8 Å². The molecule has 0 bridgehead atoms. The van der Waals surface area contributed by atoms with Gasteiger partial charge < -0.3 is 24.0 Å². The molecule has 17 heteroatoms. The number of benzene rings is 1. The van der Waals surface area contributed by atoms with E-state index in [1.165, 1.54) is 32.4 Å². The van der Waals surface area contributed by atoms with Gasteiger partial charge in [0.15, 0.2) is 10.8 Å². The Morgan fingerprint density at radius 1 is 1.00 bits per heavy atom. The zero-order chi connectivity index (χ0) is 41.5. The average molecular weight is 820 g/mol. The minimum Gasteiger partial charge on any atom is -0.490 e. The highest BCUT2D eigenvalue weighted by atomic mass is 32.1. The maximum Gasteiger partial charge on any atom is 0.419 e. The molecular weight excluding hydrogens is 776 g/mol. The second-order valence-corrected chi connectivity index (χ2v) is 15.9. The van der Waals surface area contributed by atoms with E-state index in [9.17, 15) is 32.8 Å². The summed E-state index contributed by atoms with van der Waals surface area (Å²) in [6.07, 6.45) is 3.24. The number of pyridine rings is 2. The van der Waals surface area contributed by atoms with Crippen LogP contribution < -0.4 is 19.4 Å². The fourth-order valence-corrected chi connectivity index (χ4v) is 8.94. The summed E-state index contributed by atoms with van der Waals surface area (Å²) in [6.45, 7) is 6.99. The smallest absolute Gasteiger partial charge is 0.419 e. The van der Waals surface area contributed by atoms with Crippen molar-refractivity contribution < 1.29 is 41.8 Å². The van der Waals surface area contributed by atoms with E-state index in [1.54, 1.807) is 17.2 Å². The zero-order valence-electron chi connectivity index (χ0n) is 32.6. The van der Waals surface area contributed by atoms with Crippen molar-refractivity contribution in [1.29, 1.82) is 5.26 Å². The maximum atomic E-state index is 13.9. The van der Waals surface area contributed by atoms with Crippen LogP contribution in [0.5, 0.6) is 5.75 Å². The highest BCUT2D eigenvalue weighted by Gasteiger charge is 2.60. The Morgan fingerprint density at radius 2 is 1.67 bits per heavy atom. The third kappa shape index (κ3) is 7.55. The van der Waals surface area contributed by atoms with Gasteiger partial charge >= 0.3 is 18.1 Å². The summed E-state index contributed by atoms with van der Waals surface area (Å²) in [5.41, 5.74) is -2.37. The summed E-state index contributed by atoms with van der Waals surface area (Å²) in [4.78, 5) is 54.4. The van der Waals surface area contributed by atoms with Crippen LogP contribution in [0, 0.1) is 17.2 Å². The van der Waals surface area contributed by atoms with Crippen LogP contribution in [0.4, 0.5) is 30.4 Å². The summed E-state index contributed by atoms with van der Waals surface area (Å²) in [7, 11) is 2.51. The fourth-order valence-electron chi connectivity index (χ4n) is 8.47. The first-order chi connectivity index (χ1) is 27.7. The van der Waals surface area contributed by atoms with Crippen molar-refractivity contribution in [3.63, 3.8) is 0 Å². The zero-order valence-corrected chi connectivity index (χ0v) is 33.4. The number of anilines is 3. The number of carbonyl (C=O) groups excluding carboxylic acids is 3. The van der Waals surface area contributed by atoms with Crippen molar-refractivity contribution in [2.75, 3.05) is 48.6 Å². The third-order valence-corrected chi connectivity index (χ3v) is 12.2. The Labute approximate surface area is 339 Å². The van der Waals surface area contributed by atoms with Gasteiger partial charge in [-0.3, -0.25) is 14.6 Å². The Balaban J connectivity index is 0.954. The summed E-state index contributed by atoms with van der Waals surface area (Å²) in [5.74, 6) is 0.0764. The number of hydrogen-bond donors (Lipinski definition) is 0. The first-order valence-electron chi connectivity index (χ1n) is 19.3. The quantitative estimate of drug-likeness (QED) is 0.153. The minimum absolute atomic E-state index is 0.0258. The molecule has 2 aliphatic carbocycles. The number of amides is 1. The number of nitriles is 1. The molecular formula is C41H44F3N7O6S. The van der Waals surface area contributed by atoms with Crippen molar-refractivity contribution in [1.82, 2.24) is 14.9 Å². The van der Waals surface area contributed by atoms with E-state index in [2.05, 4.69) is 28.6 Å². The van der Waals surface area contributed by atoms with E-state index in [4.69, 9.17) is 31.4 Å². The van der Waals surface area contributed by atoms with Gasteiger partial charge in [0.2, 0.25) is 0 Å². The molecule has 0 radical (unpaired) electrons. The lowest BCUT2D eigenvalue weighted by atomic mass is 9.75. The van der Waals surface area contributed by atoms with Crippen LogP contribution in [-0.4, -0.2) is 95.4 Å². The van der Waals surface area contributed by atoms with Crippen molar-refractivity contribution >= 4 is 52.4 Å². The molecule has 13 nitrogen and oxygen atoms in total. The molecule has 2 saturated carbocycles. The molecule has 2 aliphatic heterocycles. The predicted octanol–water partition coefficient (Wildman–Crippen LogP) is 6.54. The average Bonchev–Trinajstić information content (AvgIpc) is 3.43. The van der Waals surface area contributed by atoms with E-state index < -0.39 is 40.8 Å². The summed E-state index contributed by atoms with van der Waals surface area (Å²) >= 11 is 5.75. The number of halogens is 3. The molecule has 3 aromatic rings. The molecule has 0 N–H and O–H groups in total. The molecule has 1 amide bonds. The van der Waals surface area contributed by atoms with E-state index in [0.29, 0.717) is 42.3 Å². The van der Waals surface area contributed by atoms with Crippen LogP contribution in [0.1, 0.15) is 90.8 Å². The highest BCUT2D eigenvalue weighted by molar-refractivity contribution is 7.81. The van der Waals surface area contributed by atoms with Gasteiger partial charge in [0.1, 0.15) is 29.3 Å². The molecule has 306 valence electrons. The molecule has 4 fully saturated rings. The van der Waals surface area contributed by atoms with Gasteiger partial charge in [-0.2, -0.15) is 18.4 Å². The van der Waals surface area contributed by atoms with E-state index >= 15 is 0 Å². The number of rotatable bonds is 11. The lowest BCUT2D eigenvalue weighted by Gasteiger charge is -2.46. The number of hydrogen-bond acceptors (Lipinski definition) is 12. The number of carbonyl (C=O) groups is 3. The monoisotopic (exact) mass is 819 g/mol. The van der Waals surface area contributed by atoms with E-state index in [-0.39, 0.29) is 28.0 Å². The molecule has 1 aromatic carbocycles. The Kier molecular flexibility index (Phi) is 11.4. The van der Waals surface area contributed by atoms with Gasteiger partial charge in [-0.15, -0.1) is 0 Å². The maximum absolute atomic E-state index is 13.9. The fraction of sp³-hybridized carbons (Fsp3) is 0.488. The second-order valence-electron chi connectivity index (χ2n) is 15.5. The SMILES string of the molecule is COC(=O)c1ccc(O[C@H]2C[C@H](N(CC3CCN(c4ccc(N5C(=S)N(c6cnc(C#N)c(C(F)(F)F)c6)C(=O)C56CCC6)cn4)CC3)C(C)C)C2)cc1C(=O)OC. The molecule has 58 heavy (non-hydrogen) atoms. The molecule has 0 atom stereocenters. The van der Waals surface area contributed by atoms with Gasteiger partial charge in [-0.1, -0.05) is 0 Å². The summed E-state index contributed by atoms with van der Waals surface area (Å²) < 4.78 is 57.2. The van der Waals surface area contributed by atoms with Gasteiger partial charge in [0.05, 0.1) is 54.7 Å². The minimum atomic E-state index is -4.84. The van der Waals surface area contributed by atoms with E-state index in [1.807, 2.05) is 12.1 Å². The van der Waals surface area contributed by atoms with Crippen molar-refractivity contribution in [3.05, 3.63) is 71.2 Å². The van der Waals surface area contributed by atoms with Gasteiger partial charge in [0.25, 0.3) is 5.91 Å². The van der Waals surface area contributed by atoms with E-state index in [0.717, 1.165) is 74.7 Å². The van der Waals surface area contributed by atoms with Gasteiger partial charge in [0, 0.05) is 44.6 Å². The molecule has 1 spiro atoms. The number of nitrogens with zero attached hydrogens (tertiary/aromatic N) is 7. The first-order valence-corrected chi connectivity index (χ1v) is 19.7. The van der Waals surface area contributed by atoms with Crippen LogP contribution in [0.15, 0.2) is 48.8 Å². The molecule has 0 unspecified atom stereocenters. The molecule has 4 heterocycles.